The summed E-state index contributed by atoms with van der Waals surface area (Å²) in [4.78, 5) is 6.85. The zero-order valence-electron chi connectivity index (χ0n) is 10.5. The molecule has 0 amide bonds. The summed E-state index contributed by atoms with van der Waals surface area (Å²) in [5.41, 5.74) is 2.32. The smallest absolute Gasteiger partial charge is 0.0832 e. The van der Waals surface area contributed by atoms with E-state index in [1.165, 1.54) is 5.56 Å². The third kappa shape index (κ3) is 2.94. The first-order chi connectivity index (χ1) is 9.34. The molecule has 4 heteroatoms. The Morgan fingerprint density at radius 3 is 2.84 bits per heavy atom. The highest BCUT2D eigenvalue weighted by molar-refractivity contribution is 7.99. The zero-order valence-corrected chi connectivity index (χ0v) is 12.1. The Kier molecular flexibility index (Phi) is 4.06. The summed E-state index contributed by atoms with van der Waals surface area (Å²) < 4.78 is 0. The Morgan fingerprint density at radius 2 is 2.05 bits per heavy atom. The number of benzene rings is 1. The van der Waals surface area contributed by atoms with E-state index in [1.54, 1.807) is 0 Å². The molecule has 1 saturated heterocycles. The van der Waals surface area contributed by atoms with Gasteiger partial charge in [0.05, 0.1) is 11.1 Å². The van der Waals surface area contributed by atoms with Crippen molar-refractivity contribution >= 4 is 23.4 Å². The maximum Gasteiger partial charge on any atom is 0.0832 e. The van der Waals surface area contributed by atoms with E-state index >= 15 is 0 Å². The zero-order chi connectivity index (χ0) is 13.1. The maximum absolute atomic E-state index is 6.32. The summed E-state index contributed by atoms with van der Waals surface area (Å²) in [5, 5.41) is 1.20. The van der Waals surface area contributed by atoms with Gasteiger partial charge >= 0.3 is 0 Å². The molecule has 1 aliphatic heterocycles. The highest BCUT2D eigenvalue weighted by Gasteiger charge is 2.28. The van der Waals surface area contributed by atoms with E-state index in [4.69, 9.17) is 11.6 Å². The second kappa shape index (κ2) is 5.95. The van der Waals surface area contributed by atoms with Crippen LogP contribution in [0.3, 0.4) is 0 Å². The predicted octanol–water partition coefficient (Wildman–Crippen LogP) is 3.98. The number of aromatic nitrogens is 1. The molecule has 1 aromatic heterocycles. The predicted molar refractivity (Wildman–Crippen MR) is 81.3 cm³/mol. The number of rotatable bonds is 3. The molecule has 0 N–H and O–H groups in total. The van der Waals surface area contributed by atoms with Crippen molar-refractivity contribution in [3.63, 3.8) is 0 Å². The Labute approximate surface area is 122 Å². The van der Waals surface area contributed by atoms with Crippen LogP contribution in [-0.2, 0) is 6.54 Å². The van der Waals surface area contributed by atoms with Gasteiger partial charge < -0.3 is 0 Å². The Hall–Kier alpha value is -1.03. The van der Waals surface area contributed by atoms with E-state index < -0.39 is 0 Å². The third-order valence-electron chi connectivity index (χ3n) is 3.25. The fraction of sp³-hybridized carbons (Fsp3) is 0.267. The van der Waals surface area contributed by atoms with Gasteiger partial charge in [0.15, 0.2) is 0 Å². The lowest BCUT2D eigenvalue weighted by Gasteiger charge is -2.24. The van der Waals surface area contributed by atoms with Crippen LogP contribution in [0.5, 0.6) is 0 Å². The SMILES string of the molecule is Clc1ccccc1C1SCCN1Cc1ccccn1. The molecule has 0 bridgehead atoms. The van der Waals surface area contributed by atoms with E-state index in [-0.39, 0.29) is 0 Å². The van der Waals surface area contributed by atoms with Crippen LogP contribution in [0.1, 0.15) is 16.6 Å². The number of pyridine rings is 1. The fourth-order valence-corrected chi connectivity index (χ4v) is 3.97. The fourth-order valence-electron chi connectivity index (χ4n) is 2.33. The number of nitrogens with zero attached hydrogens (tertiary/aromatic N) is 2. The topological polar surface area (TPSA) is 16.1 Å². The van der Waals surface area contributed by atoms with E-state index in [0.29, 0.717) is 5.37 Å². The van der Waals surface area contributed by atoms with Crippen molar-refractivity contribution in [3.8, 4) is 0 Å². The summed E-state index contributed by atoms with van der Waals surface area (Å²) in [6, 6.07) is 14.2. The Bertz CT molecular complexity index is 547. The van der Waals surface area contributed by atoms with Gasteiger partial charge in [-0.05, 0) is 23.8 Å². The molecule has 2 nitrogen and oxygen atoms in total. The van der Waals surface area contributed by atoms with Crippen LogP contribution < -0.4 is 0 Å². The largest absolute Gasteiger partial charge is 0.281 e. The molecule has 0 radical (unpaired) electrons. The van der Waals surface area contributed by atoms with Crippen LogP contribution in [-0.4, -0.2) is 22.2 Å². The highest BCUT2D eigenvalue weighted by atomic mass is 35.5. The van der Waals surface area contributed by atoms with Gasteiger partial charge in [0.25, 0.3) is 0 Å². The summed E-state index contributed by atoms with van der Waals surface area (Å²) in [5.74, 6) is 1.14. The van der Waals surface area contributed by atoms with Crippen LogP contribution in [0.25, 0.3) is 0 Å². The van der Waals surface area contributed by atoms with Gasteiger partial charge in [-0.15, -0.1) is 11.8 Å². The van der Waals surface area contributed by atoms with Crippen molar-refractivity contribution in [1.29, 1.82) is 0 Å². The second-order valence-corrected chi connectivity index (χ2v) is 6.13. The summed E-state index contributed by atoms with van der Waals surface area (Å²) in [6.45, 7) is 1.96. The third-order valence-corrected chi connectivity index (χ3v) is 4.88. The van der Waals surface area contributed by atoms with Gasteiger partial charge in [0.1, 0.15) is 0 Å². The van der Waals surface area contributed by atoms with E-state index in [9.17, 15) is 0 Å². The normalized spacial score (nSPS) is 19.7. The summed E-state index contributed by atoms with van der Waals surface area (Å²) in [7, 11) is 0. The minimum Gasteiger partial charge on any atom is -0.281 e. The standard InChI is InChI=1S/C15H15ClN2S/c16-14-7-2-1-6-13(14)15-18(9-10-19-15)11-12-5-3-4-8-17-12/h1-8,15H,9-11H2. The first-order valence-corrected chi connectivity index (χ1v) is 7.77. The number of hydrogen-bond acceptors (Lipinski definition) is 3. The lowest BCUT2D eigenvalue weighted by Crippen LogP contribution is -2.23. The molecule has 3 rings (SSSR count). The minimum absolute atomic E-state index is 0.343. The van der Waals surface area contributed by atoms with Crippen molar-refractivity contribution in [3.05, 3.63) is 64.9 Å². The van der Waals surface area contributed by atoms with Crippen molar-refractivity contribution in [1.82, 2.24) is 9.88 Å². The number of hydrogen-bond donors (Lipinski definition) is 0. The van der Waals surface area contributed by atoms with Crippen LogP contribution in [0.2, 0.25) is 5.02 Å². The first kappa shape index (κ1) is 13.0. The minimum atomic E-state index is 0.343. The Morgan fingerprint density at radius 1 is 1.21 bits per heavy atom. The van der Waals surface area contributed by atoms with Gasteiger partial charge in [-0.2, -0.15) is 0 Å². The highest BCUT2D eigenvalue weighted by Crippen LogP contribution is 2.41. The monoisotopic (exact) mass is 290 g/mol. The Balaban J connectivity index is 1.81. The quantitative estimate of drug-likeness (QED) is 0.850. The summed E-state index contributed by atoms with van der Waals surface area (Å²) >= 11 is 8.27. The van der Waals surface area contributed by atoms with Crippen LogP contribution >= 0.6 is 23.4 Å². The van der Waals surface area contributed by atoms with Crippen LogP contribution in [0.15, 0.2) is 48.7 Å². The molecule has 98 valence electrons. The molecule has 0 spiro atoms. The number of thioether (sulfide) groups is 1. The second-order valence-electron chi connectivity index (χ2n) is 4.54. The molecule has 0 saturated carbocycles. The van der Waals surface area contributed by atoms with Gasteiger partial charge in [-0.25, -0.2) is 0 Å². The number of halogens is 1. The van der Waals surface area contributed by atoms with Crippen molar-refractivity contribution < 1.29 is 0 Å². The lowest BCUT2D eigenvalue weighted by molar-refractivity contribution is 0.278. The molecular formula is C15H15ClN2S. The van der Waals surface area contributed by atoms with Gasteiger partial charge in [-0.1, -0.05) is 35.9 Å². The van der Waals surface area contributed by atoms with E-state index in [2.05, 4.69) is 28.1 Å². The summed E-state index contributed by atoms with van der Waals surface area (Å²) in [6.07, 6.45) is 1.85. The molecular weight excluding hydrogens is 276 g/mol. The van der Waals surface area contributed by atoms with E-state index in [1.807, 2.05) is 42.2 Å². The van der Waals surface area contributed by atoms with Gasteiger partial charge in [0.2, 0.25) is 0 Å². The molecule has 19 heavy (non-hydrogen) atoms. The van der Waals surface area contributed by atoms with Crippen LogP contribution in [0, 0.1) is 0 Å². The van der Waals surface area contributed by atoms with Crippen molar-refractivity contribution in [2.45, 2.75) is 11.9 Å². The average Bonchev–Trinajstić information content (AvgIpc) is 2.88. The molecule has 2 heterocycles. The van der Waals surface area contributed by atoms with Crippen molar-refractivity contribution in [2.24, 2.45) is 0 Å². The van der Waals surface area contributed by atoms with Gasteiger partial charge in [-0.3, -0.25) is 9.88 Å². The molecule has 1 fully saturated rings. The molecule has 1 atom stereocenters. The van der Waals surface area contributed by atoms with Gasteiger partial charge in [0, 0.05) is 30.1 Å². The lowest BCUT2D eigenvalue weighted by atomic mass is 10.2. The molecule has 1 aliphatic rings. The molecule has 1 aromatic carbocycles. The van der Waals surface area contributed by atoms with Crippen molar-refractivity contribution in [2.75, 3.05) is 12.3 Å². The first-order valence-electron chi connectivity index (χ1n) is 6.34. The molecule has 1 unspecified atom stereocenters. The molecule has 2 aromatic rings. The van der Waals surface area contributed by atoms with Crippen LogP contribution in [0.4, 0.5) is 0 Å². The molecule has 0 aliphatic carbocycles. The van der Waals surface area contributed by atoms with E-state index in [0.717, 1.165) is 29.6 Å². The maximum atomic E-state index is 6.32. The average molecular weight is 291 g/mol.